The van der Waals surface area contributed by atoms with Gasteiger partial charge in [0.1, 0.15) is 5.75 Å². The van der Waals surface area contributed by atoms with E-state index in [0.29, 0.717) is 12.0 Å². The molecule has 0 bridgehead atoms. The average molecular weight is 204 g/mol. The maximum atomic E-state index is 5.45. The van der Waals surface area contributed by atoms with Crippen LogP contribution >= 0.6 is 0 Å². The SMILES string of the molecule is COc1cccc2c1C1CCNCC1N2. The van der Waals surface area contributed by atoms with Gasteiger partial charge in [0.05, 0.1) is 7.11 Å². The van der Waals surface area contributed by atoms with Crippen molar-refractivity contribution >= 4 is 5.69 Å². The third-order valence-corrected chi connectivity index (χ3v) is 3.48. The van der Waals surface area contributed by atoms with Gasteiger partial charge in [0, 0.05) is 29.8 Å². The predicted octanol–water partition coefficient (Wildman–Crippen LogP) is 1.57. The Kier molecular flexibility index (Phi) is 2.06. The molecule has 2 unspecified atom stereocenters. The molecule has 3 heteroatoms. The van der Waals surface area contributed by atoms with Crippen LogP contribution in [-0.4, -0.2) is 26.2 Å². The van der Waals surface area contributed by atoms with Gasteiger partial charge in [0.15, 0.2) is 0 Å². The first-order valence-electron chi connectivity index (χ1n) is 5.54. The number of anilines is 1. The van der Waals surface area contributed by atoms with Crippen LogP contribution in [0.15, 0.2) is 18.2 Å². The largest absolute Gasteiger partial charge is 0.496 e. The molecular formula is C12H16N2O. The van der Waals surface area contributed by atoms with E-state index in [4.69, 9.17) is 4.74 Å². The summed E-state index contributed by atoms with van der Waals surface area (Å²) < 4.78 is 5.45. The van der Waals surface area contributed by atoms with Crippen LogP contribution in [-0.2, 0) is 0 Å². The molecule has 0 amide bonds. The third kappa shape index (κ3) is 1.30. The molecule has 2 aliphatic heterocycles. The number of hydrogen-bond donors (Lipinski definition) is 2. The van der Waals surface area contributed by atoms with Gasteiger partial charge < -0.3 is 15.4 Å². The zero-order chi connectivity index (χ0) is 10.3. The van der Waals surface area contributed by atoms with E-state index in [1.807, 2.05) is 0 Å². The highest BCUT2D eigenvalue weighted by Crippen LogP contribution is 2.44. The molecule has 3 nitrogen and oxygen atoms in total. The molecule has 2 heterocycles. The van der Waals surface area contributed by atoms with Crippen LogP contribution in [0.5, 0.6) is 5.75 Å². The van der Waals surface area contributed by atoms with E-state index in [1.54, 1.807) is 7.11 Å². The number of methoxy groups -OCH3 is 1. The average Bonchev–Trinajstić information content (AvgIpc) is 2.67. The molecule has 1 fully saturated rings. The second kappa shape index (κ2) is 3.42. The number of hydrogen-bond acceptors (Lipinski definition) is 3. The highest BCUT2D eigenvalue weighted by atomic mass is 16.5. The number of piperidine rings is 1. The lowest BCUT2D eigenvalue weighted by Gasteiger charge is -2.26. The van der Waals surface area contributed by atoms with Crippen molar-refractivity contribution in [2.75, 3.05) is 25.5 Å². The summed E-state index contributed by atoms with van der Waals surface area (Å²) in [6, 6.07) is 6.81. The first kappa shape index (κ1) is 9.04. The highest BCUT2D eigenvalue weighted by Gasteiger charge is 2.35. The van der Waals surface area contributed by atoms with Gasteiger partial charge >= 0.3 is 0 Å². The van der Waals surface area contributed by atoms with Crippen LogP contribution in [0.2, 0.25) is 0 Å². The van der Waals surface area contributed by atoms with E-state index < -0.39 is 0 Å². The fourth-order valence-electron chi connectivity index (χ4n) is 2.79. The summed E-state index contributed by atoms with van der Waals surface area (Å²) in [5.41, 5.74) is 2.64. The number of nitrogens with one attached hydrogen (secondary N) is 2. The summed E-state index contributed by atoms with van der Waals surface area (Å²) in [5.74, 6) is 1.66. The normalized spacial score (nSPS) is 27.8. The Balaban J connectivity index is 2.05. The first-order valence-corrected chi connectivity index (χ1v) is 5.54. The third-order valence-electron chi connectivity index (χ3n) is 3.48. The minimum absolute atomic E-state index is 0.546. The van der Waals surface area contributed by atoms with Gasteiger partial charge in [-0.05, 0) is 25.1 Å². The van der Waals surface area contributed by atoms with Gasteiger partial charge in [-0.1, -0.05) is 6.07 Å². The maximum absolute atomic E-state index is 5.45. The van der Waals surface area contributed by atoms with Crippen LogP contribution < -0.4 is 15.4 Å². The van der Waals surface area contributed by atoms with Gasteiger partial charge in [0.25, 0.3) is 0 Å². The van der Waals surface area contributed by atoms with Crippen molar-refractivity contribution in [3.8, 4) is 5.75 Å². The van der Waals surface area contributed by atoms with Gasteiger partial charge in [-0.3, -0.25) is 0 Å². The summed E-state index contributed by atoms with van der Waals surface area (Å²) in [7, 11) is 1.75. The molecule has 1 aromatic carbocycles. The Morgan fingerprint density at radius 3 is 3.20 bits per heavy atom. The lowest BCUT2D eigenvalue weighted by atomic mass is 9.89. The lowest BCUT2D eigenvalue weighted by Crippen LogP contribution is -2.40. The Labute approximate surface area is 89.8 Å². The van der Waals surface area contributed by atoms with Crippen molar-refractivity contribution in [3.63, 3.8) is 0 Å². The van der Waals surface area contributed by atoms with E-state index in [9.17, 15) is 0 Å². The van der Waals surface area contributed by atoms with Crippen LogP contribution in [0.3, 0.4) is 0 Å². The van der Waals surface area contributed by atoms with Crippen molar-refractivity contribution < 1.29 is 4.74 Å². The second-order valence-electron chi connectivity index (χ2n) is 4.27. The monoisotopic (exact) mass is 204 g/mol. The summed E-state index contributed by atoms with van der Waals surface area (Å²) in [6.07, 6.45) is 1.20. The molecule has 0 saturated carbocycles. The fourth-order valence-corrected chi connectivity index (χ4v) is 2.79. The fraction of sp³-hybridized carbons (Fsp3) is 0.500. The van der Waals surface area contributed by atoms with Crippen LogP contribution in [0.4, 0.5) is 5.69 Å². The number of rotatable bonds is 1. The van der Waals surface area contributed by atoms with E-state index in [0.717, 1.165) is 18.8 Å². The minimum atomic E-state index is 0.546. The van der Waals surface area contributed by atoms with E-state index in [2.05, 4.69) is 28.8 Å². The number of fused-ring (bicyclic) bond motifs is 3. The Bertz CT molecular complexity index is 378. The van der Waals surface area contributed by atoms with Crippen molar-refractivity contribution in [1.29, 1.82) is 0 Å². The molecule has 1 aromatic rings. The molecule has 0 spiro atoms. The molecule has 1 saturated heterocycles. The molecular weight excluding hydrogens is 188 g/mol. The van der Waals surface area contributed by atoms with Crippen LogP contribution in [0.25, 0.3) is 0 Å². The van der Waals surface area contributed by atoms with Gasteiger partial charge in [-0.25, -0.2) is 0 Å². The maximum Gasteiger partial charge on any atom is 0.124 e. The van der Waals surface area contributed by atoms with E-state index in [-0.39, 0.29) is 0 Å². The second-order valence-corrected chi connectivity index (χ2v) is 4.27. The molecule has 0 aliphatic carbocycles. The predicted molar refractivity (Wildman–Crippen MR) is 60.6 cm³/mol. The zero-order valence-corrected chi connectivity index (χ0v) is 8.92. The molecule has 80 valence electrons. The lowest BCUT2D eigenvalue weighted by molar-refractivity contribution is 0.391. The Hall–Kier alpha value is -1.22. The standard InChI is InChI=1S/C12H16N2O/c1-15-11-4-2-3-9-12(11)8-5-6-13-7-10(8)14-9/h2-4,8,10,13-14H,5-7H2,1H3. The number of benzene rings is 1. The van der Waals surface area contributed by atoms with Crippen molar-refractivity contribution in [3.05, 3.63) is 23.8 Å². The van der Waals surface area contributed by atoms with Crippen LogP contribution in [0, 0.1) is 0 Å². The Morgan fingerprint density at radius 2 is 2.33 bits per heavy atom. The van der Waals surface area contributed by atoms with Gasteiger partial charge in [-0.2, -0.15) is 0 Å². The molecule has 2 atom stereocenters. The van der Waals surface area contributed by atoms with Crippen molar-refractivity contribution in [2.45, 2.75) is 18.4 Å². The Morgan fingerprint density at radius 1 is 1.40 bits per heavy atom. The van der Waals surface area contributed by atoms with Crippen molar-refractivity contribution in [2.24, 2.45) is 0 Å². The quantitative estimate of drug-likeness (QED) is 0.728. The minimum Gasteiger partial charge on any atom is -0.496 e. The van der Waals surface area contributed by atoms with Gasteiger partial charge in [-0.15, -0.1) is 0 Å². The number of ether oxygens (including phenoxy) is 1. The van der Waals surface area contributed by atoms with Crippen LogP contribution in [0.1, 0.15) is 17.9 Å². The summed E-state index contributed by atoms with van der Waals surface area (Å²) >= 11 is 0. The summed E-state index contributed by atoms with van der Waals surface area (Å²) in [5, 5.41) is 6.99. The van der Waals surface area contributed by atoms with Gasteiger partial charge in [0.2, 0.25) is 0 Å². The van der Waals surface area contributed by atoms with E-state index in [1.165, 1.54) is 17.7 Å². The topological polar surface area (TPSA) is 33.3 Å². The van der Waals surface area contributed by atoms with Crippen molar-refractivity contribution in [1.82, 2.24) is 5.32 Å². The zero-order valence-electron chi connectivity index (χ0n) is 8.92. The molecule has 0 radical (unpaired) electrons. The summed E-state index contributed by atoms with van der Waals surface area (Å²) in [4.78, 5) is 0. The highest BCUT2D eigenvalue weighted by molar-refractivity contribution is 5.65. The molecule has 15 heavy (non-hydrogen) atoms. The van der Waals surface area contributed by atoms with E-state index >= 15 is 0 Å². The summed E-state index contributed by atoms with van der Waals surface area (Å²) in [6.45, 7) is 2.17. The smallest absolute Gasteiger partial charge is 0.124 e. The molecule has 3 rings (SSSR count). The first-order chi connectivity index (χ1) is 7.40. The molecule has 2 N–H and O–H groups in total. The molecule has 2 aliphatic rings. The molecule has 0 aromatic heterocycles.